The fraction of sp³-hybridized carbons (Fsp3) is 0.500. The van der Waals surface area contributed by atoms with Gasteiger partial charge in [0.15, 0.2) is 5.82 Å². The lowest BCUT2D eigenvalue weighted by Crippen LogP contribution is -2.39. The lowest BCUT2D eigenvalue weighted by atomic mass is 10.0. The number of hydrogen-bond donors (Lipinski definition) is 2. The molecule has 7 heteroatoms. The van der Waals surface area contributed by atoms with Gasteiger partial charge < -0.3 is 15.5 Å². The van der Waals surface area contributed by atoms with Gasteiger partial charge in [-0.25, -0.2) is 4.79 Å². The second-order valence-corrected chi connectivity index (χ2v) is 7.19. The maximum absolute atomic E-state index is 12.3. The van der Waals surface area contributed by atoms with Gasteiger partial charge in [-0.3, -0.25) is 9.58 Å². The molecular formula is C20H30N6O. The maximum Gasteiger partial charge on any atom is 0.322 e. The van der Waals surface area contributed by atoms with Gasteiger partial charge in [0.25, 0.3) is 0 Å². The zero-order valence-electron chi connectivity index (χ0n) is 16.5. The Balaban J connectivity index is 1.86. The van der Waals surface area contributed by atoms with Crippen LogP contribution < -0.4 is 15.5 Å². The van der Waals surface area contributed by atoms with E-state index < -0.39 is 0 Å². The number of carbonyl (C=O) groups excluding carboxylic acids is 1. The van der Waals surface area contributed by atoms with Gasteiger partial charge in [-0.15, -0.1) is 6.58 Å². The predicted octanol–water partition coefficient (Wildman–Crippen LogP) is 2.80. The minimum absolute atomic E-state index is 0.162. The Hall–Kier alpha value is -2.54. The number of benzene rings is 1. The molecule has 146 valence electrons. The average Bonchev–Trinajstić information content (AvgIpc) is 3.00. The summed E-state index contributed by atoms with van der Waals surface area (Å²) in [6, 6.07) is 6.60. The van der Waals surface area contributed by atoms with Gasteiger partial charge in [-0.2, -0.15) is 5.10 Å². The Bertz CT molecular complexity index is 806. The van der Waals surface area contributed by atoms with E-state index in [1.165, 1.54) is 0 Å². The maximum atomic E-state index is 12.3. The Labute approximate surface area is 161 Å². The van der Waals surface area contributed by atoms with E-state index in [0.29, 0.717) is 24.8 Å². The topological polar surface area (TPSA) is 65.4 Å². The molecule has 27 heavy (non-hydrogen) atoms. The number of aromatic nitrogens is 2. The van der Waals surface area contributed by atoms with Crippen LogP contribution in [0.2, 0.25) is 0 Å². The van der Waals surface area contributed by atoms with E-state index in [0.717, 1.165) is 42.5 Å². The van der Waals surface area contributed by atoms with Crippen molar-refractivity contribution in [3.8, 4) is 0 Å². The first-order chi connectivity index (χ1) is 13.0. The lowest BCUT2D eigenvalue weighted by molar-refractivity contribution is 0.248. The van der Waals surface area contributed by atoms with E-state index in [9.17, 15) is 4.79 Å². The molecule has 0 saturated carbocycles. The van der Waals surface area contributed by atoms with Crippen molar-refractivity contribution in [3.05, 3.63) is 30.9 Å². The van der Waals surface area contributed by atoms with Crippen LogP contribution in [0.5, 0.6) is 0 Å². The highest BCUT2D eigenvalue weighted by Gasteiger charge is 2.21. The number of urea groups is 1. The number of nitrogens with one attached hydrogen (secondary N) is 2. The molecule has 1 aromatic heterocycles. The van der Waals surface area contributed by atoms with Crippen LogP contribution in [0.1, 0.15) is 19.3 Å². The molecule has 1 fully saturated rings. The van der Waals surface area contributed by atoms with Gasteiger partial charge in [0.1, 0.15) is 0 Å². The number of fused-ring (bicyclic) bond motifs is 1. The molecule has 7 nitrogen and oxygen atoms in total. The van der Waals surface area contributed by atoms with Gasteiger partial charge in [-0.1, -0.05) is 6.08 Å². The normalized spacial score (nSPS) is 15.7. The number of likely N-dealkylation sites (tertiary alicyclic amines) is 1. The number of anilines is 2. The third-order valence-corrected chi connectivity index (χ3v) is 5.19. The van der Waals surface area contributed by atoms with E-state index in [4.69, 9.17) is 0 Å². The molecule has 2 aromatic rings. The molecule has 2 N–H and O–H groups in total. The van der Waals surface area contributed by atoms with Crippen LogP contribution in [0.15, 0.2) is 30.9 Å². The summed E-state index contributed by atoms with van der Waals surface area (Å²) in [7, 11) is 5.72. The van der Waals surface area contributed by atoms with Crippen molar-refractivity contribution in [1.29, 1.82) is 0 Å². The van der Waals surface area contributed by atoms with E-state index in [2.05, 4.69) is 52.5 Å². The standard InChI is InChI=1S/C20H30N6O/c1-5-6-11-26(20(27)21-2)19-17-8-7-16(14-18(17)25(4)23-19)22-15-9-12-24(3)13-10-15/h5,7-8,14-15,22H,1,6,9-13H2,2-4H3,(H,21,27). The fourth-order valence-electron chi connectivity index (χ4n) is 3.58. The van der Waals surface area contributed by atoms with Crippen LogP contribution in [0.3, 0.4) is 0 Å². The number of nitrogens with zero attached hydrogens (tertiary/aromatic N) is 4. The van der Waals surface area contributed by atoms with Crippen LogP contribution in [0.4, 0.5) is 16.3 Å². The van der Waals surface area contributed by atoms with Crippen molar-refractivity contribution in [1.82, 2.24) is 20.0 Å². The Morgan fingerprint density at radius 2 is 2.11 bits per heavy atom. The monoisotopic (exact) mass is 370 g/mol. The molecule has 1 aliphatic rings. The predicted molar refractivity (Wildman–Crippen MR) is 111 cm³/mol. The summed E-state index contributed by atoms with van der Waals surface area (Å²) >= 11 is 0. The minimum Gasteiger partial charge on any atom is -0.382 e. The average molecular weight is 371 g/mol. The summed E-state index contributed by atoms with van der Waals surface area (Å²) in [4.78, 5) is 16.4. The molecule has 0 bridgehead atoms. The van der Waals surface area contributed by atoms with Gasteiger partial charge >= 0.3 is 6.03 Å². The number of carbonyl (C=O) groups is 1. The highest BCUT2D eigenvalue weighted by Crippen LogP contribution is 2.29. The Morgan fingerprint density at radius 1 is 1.37 bits per heavy atom. The SMILES string of the molecule is C=CCCN(C(=O)NC)c1nn(C)c2cc(NC3CCN(C)CC3)ccc12. The zero-order valence-corrected chi connectivity index (χ0v) is 16.5. The zero-order chi connectivity index (χ0) is 19.4. The largest absolute Gasteiger partial charge is 0.382 e. The van der Waals surface area contributed by atoms with Crippen LogP contribution in [-0.4, -0.2) is 60.5 Å². The second-order valence-electron chi connectivity index (χ2n) is 7.19. The molecule has 0 atom stereocenters. The molecule has 0 unspecified atom stereocenters. The van der Waals surface area contributed by atoms with E-state index in [1.807, 2.05) is 17.8 Å². The summed E-state index contributed by atoms with van der Waals surface area (Å²) in [5, 5.41) is 12.0. The second kappa shape index (κ2) is 8.43. The first-order valence-electron chi connectivity index (χ1n) is 9.55. The highest BCUT2D eigenvalue weighted by molar-refractivity contribution is 6.01. The van der Waals surface area contributed by atoms with Gasteiger partial charge in [0.05, 0.1) is 5.52 Å². The quantitative estimate of drug-likeness (QED) is 0.768. The summed E-state index contributed by atoms with van der Waals surface area (Å²) in [5.41, 5.74) is 2.11. The first-order valence-corrected chi connectivity index (χ1v) is 9.55. The van der Waals surface area contributed by atoms with E-state index >= 15 is 0 Å². The number of amides is 2. The first kappa shape index (κ1) is 19.2. The van der Waals surface area contributed by atoms with Crippen molar-refractivity contribution in [3.63, 3.8) is 0 Å². The molecule has 3 rings (SSSR count). The van der Waals surface area contributed by atoms with Gasteiger partial charge in [-0.05, 0) is 57.6 Å². The van der Waals surface area contributed by atoms with Crippen molar-refractivity contribution in [2.75, 3.05) is 43.9 Å². The van der Waals surface area contributed by atoms with E-state index in [1.54, 1.807) is 11.9 Å². The molecule has 2 heterocycles. The molecule has 0 spiro atoms. The molecule has 1 aromatic carbocycles. The molecule has 0 aliphatic carbocycles. The fourth-order valence-corrected chi connectivity index (χ4v) is 3.58. The molecule has 1 aliphatic heterocycles. The number of piperidine rings is 1. The van der Waals surface area contributed by atoms with Gasteiger partial charge in [0, 0.05) is 37.8 Å². The third kappa shape index (κ3) is 4.24. The summed E-state index contributed by atoms with van der Waals surface area (Å²) in [6.07, 6.45) is 4.82. The van der Waals surface area contributed by atoms with Crippen molar-refractivity contribution in [2.45, 2.75) is 25.3 Å². The number of rotatable bonds is 6. The van der Waals surface area contributed by atoms with Gasteiger partial charge in [0.2, 0.25) is 0 Å². The molecular weight excluding hydrogens is 340 g/mol. The van der Waals surface area contributed by atoms with Crippen LogP contribution in [0.25, 0.3) is 10.9 Å². The molecule has 1 saturated heterocycles. The third-order valence-electron chi connectivity index (χ3n) is 5.19. The minimum atomic E-state index is -0.162. The van der Waals surface area contributed by atoms with Crippen LogP contribution >= 0.6 is 0 Å². The van der Waals surface area contributed by atoms with Crippen molar-refractivity contribution in [2.24, 2.45) is 7.05 Å². The Kier molecular flexibility index (Phi) is 6.01. The summed E-state index contributed by atoms with van der Waals surface area (Å²) < 4.78 is 1.84. The summed E-state index contributed by atoms with van der Waals surface area (Å²) in [6.45, 7) is 6.55. The van der Waals surface area contributed by atoms with E-state index in [-0.39, 0.29) is 6.03 Å². The van der Waals surface area contributed by atoms with Crippen molar-refractivity contribution >= 4 is 28.4 Å². The lowest BCUT2D eigenvalue weighted by Gasteiger charge is -2.30. The molecule has 0 radical (unpaired) electrons. The van der Waals surface area contributed by atoms with Crippen molar-refractivity contribution < 1.29 is 4.79 Å². The smallest absolute Gasteiger partial charge is 0.322 e. The summed E-state index contributed by atoms with van der Waals surface area (Å²) in [5.74, 6) is 0.680. The Morgan fingerprint density at radius 3 is 2.78 bits per heavy atom. The van der Waals surface area contributed by atoms with Crippen LogP contribution in [-0.2, 0) is 7.05 Å². The molecule has 2 amide bonds. The van der Waals surface area contributed by atoms with Crippen LogP contribution in [0, 0.1) is 0 Å². The highest BCUT2D eigenvalue weighted by atomic mass is 16.2. The number of aryl methyl sites for hydroxylation is 1. The number of hydrogen-bond acceptors (Lipinski definition) is 4.